The highest BCUT2D eigenvalue weighted by Gasteiger charge is 2.51. The number of anilines is 1. The number of benzene rings is 2. The van der Waals surface area contributed by atoms with Crippen LogP contribution in [0, 0.1) is 12.7 Å². The Hall–Kier alpha value is -3.72. The first-order valence-electron chi connectivity index (χ1n) is 12.4. The zero-order valence-corrected chi connectivity index (χ0v) is 20.8. The summed E-state index contributed by atoms with van der Waals surface area (Å²) in [6.07, 6.45) is 1.53. The molecule has 0 unspecified atom stereocenters. The summed E-state index contributed by atoms with van der Waals surface area (Å²) in [5, 5.41) is 15.8. The van der Waals surface area contributed by atoms with Gasteiger partial charge in [0.25, 0.3) is 0 Å². The van der Waals surface area contributed by atoms with Gasteiger partial charge in [0.05, 0.1) is 24.2 Å². The molecule has 1 atom stereocenters. The SMILES string of the molecule is Cc1noc(-c2ccc(C34CCC(CC(=O)O)(CC3)OC4)cc2F)c1NC(=O)O[C@H](C)c1ccccc1. The van der Waals surface area contributed by atoms with Crippen LogP contribution in [0.3, 0.4) is 0 Å². The molecule has 2 aliphatic heterocycles. The van der Waals surface area contributed by atoms with E-state index in [2.05, 4.69) is 10.5 Å². The summed E-state index contributed by atoms with van der Waals surface area (Å²) in [5.41, 5.74) is 1.48. The topological polar surface area (TPSA) is 111 Å². The third kappa shape index (κ3) is 4.83. The summed E-state index contributed by atoms with van der Waals surface area (Å²) in [6.45, 7) is 3.78. The lowest BCUT2D eigenvalue weighted by Gasteiger charge is -2.53. The number of rotatable bonds is 7. The van der Waals surface area contributed by atoms with Crippen LogP contribution in [0.5, 0.6) is 0 Å². The average Bonchev–Trinajstić information content (AvgIpc) is 3.24. The van der Waals surface area contributed by atoms with Crippen LogP contribution in [0.25, 0.3) is 11.3 Å². The van der Waals surface area contributed by atoms with Gasteiger partial charge in [-0.15, -0.1) is 0 Å². The van der Waals surface area contributed by atoms with E-state index in [0.29, 0.717) is 25.1 Å². The summed E-state index contributed by atoms with van der Waals surface area (Å²) < 4.78 is 32.4. The van der Waals surface area contributed by atoms with Gasteiger partial charge in [0.1, 0.15) is 23.3 Å². The Bertz CT molecular complexity index is 1300. The van der Waals surface area contributed by atoms with Crippen molar-refractivity contribution in [1.82, 2.24) is 5.16 Å². The van der Waals surface area contributed by atoms with Gasteiger partial charge in [-0.05, 0) is 62.8 Å². The molecule has 8 nitrogen and oxygen atoms in total. The molecule has 1 aromatic heterocycles. The molecule has 9 heteroatoms. The molecule has 3 fully saturated rings. The van der Waals surface area contributed by atoms with E-state index >= 15 is 4.39 Å². The molecule has 2 aromatic carbocycles. The zero-order chi connectivity index (χ0) is 26.2. The van der Waals surface area contributed by atoms with Gasteiger partial charge in [-0.3, -0.25) is 10.1 Å². The maximum Gasteiger partial charge on any atom is 0.412 e. The molecular weight excluding hydrogens is 479 g/mol. The third-order valence-corrected chi connectivity index (χ3v) is 7.72. The highest BCUT2D eigenvalue weighted by Crippen LogP contribution is 2.52. The van der Waals surface area contributed by atoms with E-state index in [1.54, 1.807) is 19.9 Å². The molecule has 37 heavy (non-hydrogen) atoms. The number of aliphatic carboxylic acids is 1. The van der Waals surface area contributed by atoms with Crippen molar-refractivity contribution in [3.8, 4) is 11.3 Å². The number of ether oxygens (including phenoxy) is 2. The van der Waals surface area contributed by atoms with Crippen LogP contribution in [0.4, 0.5) is 14.9 Å². The second-order valence-electron chi connectivity index (χ2n) is 10.1. The second kappa shape index (κ2) is 9.63. The summed E-state index contributed by atoms with van der Waals surface area (Å²) in [6, 6.07) is 14.3. The van der Waals surface area contributed by atoms with Crippen LogP contribution in [0.2, 0.25) is 0 Å². The molecule has 1 amide bonds. The van der Waals surface area contributed by atoms with Crippen LogP contribution in [0.1, 0.15) is 62.0 Å². The average molecular weight is 509 g/mol. The molecule has 0 radical (unpaired) electrons. The Labute approximate surface area is 213 Å². The van der Waals surface area contributed by atoms with E-state index in [-0.39, 0.29) is 28.8 Å². The van der Waals surface area contributed by atoms with E-state index in [9.17, 15) is 14.7 Å². The monoisotopic (exact) mass is 508 g/mol. The van der Waals surface area contributed by atoms with Gasteiger partial charge in [-0.2, -0.15) is 0 Å². The van der Waals surface area contributed by atoms with Crippen molar-refractivity contribution in [3.05, 3.63) is 71.2 Å². The first-order chi connectivity index (χ1) is 17.7. The van der Waals surface area contributed by atoms with Crippen molar-refractivity contribution in [2.45, 2.75) is 63.1 Å². The number of carbonyl (C=O) groups excluding carboxylic acids is 1. The van der Waals surface area contributed by atoms with Gasteiger partial charge < -0.3 is 19.1 Å². The number of nitrogens with zero attached hydrogens (tertiary/aromatic N) is 1. The molecular formula is C28H29FN2O6. The van der Waals surface area contributed by atoms with E-state index in [1.165, 1.54) is 6.07 Å². The molecule has 6 rings (SSSR count). The number of carboxylic acids is 1. The summed E-state index contributed by atoms with van der Waals surface area (Å²) in [5.74, 6) is -1.27. The summed E-state index contributed by atoms with van der Waals surface area (Å²) >= 11 is 0. The van der Waals surface area contributed by atoms with Crippen LogP contribution in [-0.2, 0) is 19.7 Å². The number of halogens is 1. The second-order valence-corrected chi connectivity index (χ2v) is 10.1. The van der Waals surface area contributed by atoms with Crippen LogP contribution >= 0.6 is 0 Å². The zero-order valence-electron chi connectivity index (χ0n) is 20.8. The first-order valence-corrected chi connectivity index (χ1v) is 12.4. The van der Waals surface area contributed by atoms with Gasteiger partial charge in [-0.1, -0.05) is 41.6 Å². The van der Waals surface area contributed by atoms with Gasteiger partial charge in [-0.25, -0.2) is 9.18 Å². The van der Waals surface area contributed by atoms with Crippen LogP contribution in [0.15, 0.2) is 53.1 Å². The lowest BCUT2D eigenvalue weighted by atomic mass is 9.62. The minimum Gasteiger partial charge on any atom is -0.481 e. The number of hydrogen-bond donors (Lipinski definition) is 2. The van der Waals surface area contributed by atoms with E-state index in [1.807, 2.05) is 36.4 Å². The predicted octanol–water partition coefficient (Wildman–Crippen LogP) is 6.15. The van der Waals surface area contributed by atoms with Crippen molar-refractivity contribution in [3.63, 3.8) is 0 Å². The van der Waals surface area contributed by atoms with Crippen molar-refractivity contribution >= 4 is 17.7 Å². The summed E-state index contributed by atoms with van der Waals surface area (Å²) in [7, 11) is 0. The number of aromatic nitrogens is 1. The highest BCUT2D eigenvalue weighted by molar-refractivity contribution is 5.91. The van der Waals surface area contributed by atoms with Crippen molar-refractivity contribution < 1.29 is 33.1 Å². The summed E-state index contributed by atoms with van der Waals surface area (Å²) in [4.78, 5) is 23.9. The molecule has 1 aliphatic carbocycles. The van der Waals surface area contributed by atoms with Crippen molar-refractivity contribution in [2.24, 2.45) is 0 Å². The maximum atomic E-state index is 15.5. The van der Waals surface area contributed by atoms with Gasteiger partial charge in [0, 0.05) is 5.41 Å². The molecule has 3 heterocycles. The van der Waals surface area contributed by atoms with Gasteiger partial charge in [0.15, 0.2) is 5.76 Å². The Balaban J connectivity index is 1.33. The van der Waals surface area contributed by atoms with E-state index < -0.39 is 29.6 Å². The fraction of sp³-hybridized carbons (Fsp3) is 0.393. The first kappa shape index (κ1) is 25.0. The number of carbonyl (C=O) groups is 2. The Morgan fingerprint density at radius 2 is 1.89 bits per heavy atom. The lowest BCUT2D eigenvalue weighted by molar-refractivity contribution is -0.174. The minimum atomic E-state index is -0.866. The number of fused-ring (bicyclic) bond motifs is 3. The quantitative estimate of drug-likeness (QED) is 0.393. The molecule has 2 bridgehead atoms. The molecule has 2 saturated heterocycles. The molecule has 2 N–H and O–H groups in total. The standard InChI is InChI=1S/C28H29FN2O6/c1-17-24(30-26(34)36-18(2)19-6-4-3-5-7-19)25(37-31-17)21-9-8-20(14-22(21)29)27-10-12-28(13-11-27,35-16-27)15-23(32)33/h3-9,14,18H,10-13,15-16H2,1-2H3,(H,30,34)(H,32,33)/t18-,27?,28?/m1/s1. The normalized spacial score (nSPS) is 23.4. The number of aryl methyl sites for hydroxylation is 1. The Kier molecular flexibility index (Phi) is 6.49. The number of hydrogen-bond acceptors (Lipinski definition) is 6. The molecule has 0 spiro atoms. The molecule has 1 saturated carbocycles. The predicted molar refractivity (Wildman–Crippen MR) is 133 cm³/mol. The highest BCUT2D eigenvalue weighted by atomic mass is 19.1. The molecule has 3 aromatic rings. The fourth-order valence-corrected chi connectivity index (χ4v) is 5.45. The maximum absolute atomic E-state index is 15.5. The minimum absolute atomic E-state index is 0.0104. The van der Waals surface area contributed by atoms with Gasteiger partial charge in [0.2, 0.25) is 0 Å². The van der Waals surface area contributed by atoms with Crippen LogP contribution in [-0.4, -0.2) is 34.5 Å². The van der Waals surface area contributed by atoms with E-state index in [4.69, 9.17) is 14.0 Å². The smallest absolute Gasteiger partial charge is 0.412 e. The third-order valence-electron chi connectivity index (χ3n) is 7.72. The Morgan fingerprint density at radius 1 is 1.16 bits per heavy atom. The molecule has 194 valence electrons. The lowest BCUT2D eigenvalue weighted by Crippen LogP contribution is -2.54. The van der Waals surface area contributed by atoms with Gasteiger partial charge >= 0.3 is 12.1 Å². The van der Waals surface area contributed by atoms with E-state index in [0.717, 1.165) is 24.0 Å². The van der Waals surface area contributed by atoms with Crippen LogP contribution < -0.4 is 5.32 Å². The van der Waals surface area contributed by atoms with Crippen molar-refractivity contribution in [1.29, 1.82) is 0 Å². The number of nitrogens with one attached hydrogen (secondary N) is 1. The largest absolute Gasteiger partial charge is 0.481 e. The number of amides is 1. The fourth-order valence-electron chi connectivity index (χ4n) is 5.45. The molecule has 3 aliphatic rings. The van der Waals surface area contributed by atoms with Crippen molar-refractivity contribution in [2.75, 3.05) is 11.9 Å². The number of carboxylic acid groups (broad SMARTS) is 1. The Morgan fingerprint density at radius 3 is 2.51 bits per heavy atom.